The Labute approximate surface area is 120 Å². The summed E-state index contributed by atoms with van der Waals surface area (Å²) in [4.78, 5) is 15.9. The minimum atomic E-state index is -0.421. The summed E-state index contributed by atoms with van der Waals surface area (Å²) < 4.78 is 2.81. The Hall–Kier alpha value is -2.21. The highest BCUT2D eigenvalue weighted by atomic mass is 32.1. The van der Waals surface area contributed by atoms with E-state index in [0.29, 0.717) is 5.56 Å². The fourth-order valence-electron chi connectivity index (χ4n) is 2.27. The Kier molecular flexibility index (Phi) is 2.83. The first-order valence-corrected chi connectivity index (χ1v) is 7.00. The number of nitrogens with two attached hydrogens (primary N) is 1. The lowest BCUT2D eigenvalue weighted by molar-refractivity contribution is 0.100. The van der Waals surface area contributed by atoms with Crippen LogP contribution in [0.4, 0.5) is 0 Å². The zero-order valence-corrected chi connectivity index (χ0v) is 12.3. The molecule has 0 fully saturated rings. The molecule has 3 rings (SSSR count). The van der Waals surface area contributed by atoms with E-state index >= 15 is 0 Å². The fraction of sp³-hybridized carbons (Fsp3) is 0.214. The minimum Gasteiger partial charge on any atom is -0.366 e. The van der Waals surface area contributed by atoms with E-state index < -0.39 is 5.91 Å². The highest BCUT2D eigenvalue weighted by Crippen LogP contribution is 2.34. The highest BCUT2D eigenvalue weighted by molar-refractivity contribution is 7.21. The van der Waals surface area contributed by atoms with Crippen molar-refractivity contribution in [3.63, 3.8) is 0 Å². The first kappa shape index (κ1) is 12.8. The van der Waals surface area contributed by atoms with Gasteiger partial charge in [0, 0.05) is 18.3 Å². The van der Waals surface area contributed by atoms with E-state index in [1.807, 2.05) is 31.6 Å². The maximum absolute atomic E-state index is 11.2. The summed E-state index contributed by atoms with van der Waals surface area (Å²) in [6.07, 6.45) is 0. The van der Waals surface area contributed by atoms with Crippen molar-refractivity contribution < 1.29 is 4.79 Å². The molecule has 0 unspecified atom stereocenters. The van der Waals surface area contributed by atoms with Crippen LogP contribution in [0.15, 0.2) is 18.2 Å². The maximum atomic E-state index is 11.2. The summed E-state index contributed by atoms with van der Waals surface area (Å²) >= 11 is 1.55. The molecule has 0 bridgehead atoms. The van der Waals surface area contributed by atoms with Crippen LogP contribution in [0.2, 0.25) is 0 Å². The molecule has 0 aliphatic carbocycles. The summed E-state index contributed by atoms with van der Waals surface area (Å²) in [6.45, 7) is 4.00. The normalized spacial score (nSPS) is 11.2. The molecule has 102 valence electrons. The van der Waals surface area contributed by atoms with E-state index in [1.165, 1.54) is 0 Å². The largest absolute Gasteiger partial charge is 0.366 e. The molecule has 0 atom stereocenters. The van der Waals surface area contributed by atoms with E-state index in [1.54, 1.807) is 23.5 Å². The van der Waals surface area contributed by atoms with Crippen molar-refractivity contribution in [2.24, 2.45) is 12.8 Å². The Morgan fingerprint density at radius 1 is 1.35 bits per heavy atom. The predicted octanol–water partition coefficient (Wildman–Crippen LogP) is 2.41. The quantitative estimate of drug-likeness (QED) is 0.786. The van der Waals surface area contributed by atoms with Gasteiger partial charge in [0.2, 0.25) is 5.91 Å². The summed E-state index contributed by atoms with van der Waals surface area (Å²) in [7, 11) is 1.92. The van der Waals surface area contributed by atoms with Crippen LogP contribution in [0.3, 0.4) is 0 Å². The van der Waals surface area contributed by atoms with Crippen LogP contribution in [0.25, 0.3) is 20.8 Å². The number of aryl methyl sites for hydroxylation is 2. The second-order valence-corrected chi connectivity index (χ2v) is 5.77. The average Bonchev–Trinajstić information content (AvgIpc) is 2.90. The number of hydrogen-bond donors (Lipinski definition) is 1. The van der Waals surface area contributed by atoms with E-state index in [2.05, 4.69) is 10.1 Å². The number of carbonyl (C=O) groups is 1. The molecule has 0 aliphatic rings. The lowest BCUT2D eigenvalue weighted by Gasteiger charge is -1.95. The molecule has 20 heavy (non-hydrogen) atoms. The van der Waals surface area contributed by atoms with Gasteiger partial charge in [-0.25, -0.2) is 4.98 Å². The van der Waals surface area contributed by atoms with Gasteiger partial charge in [0.1, 0.15) is 5.01 Å². The number of benzene rings is 1. The molecule has 0 saturated heterocycles. The van der Waals surface area contributed by atoms with Crippen LogP contribution in [-0.4, -0.2) is 20.7 Å². The van der Waals surface area contributed by atoms with E-state index in [0.717, 1.165) is 32.2 Å². The summed E-state index contributed by atoms with van der Waals surface area (Å²) in [5.41, 5.74) is 9.79. The van der Waals surface area contributed by atoms with Crippen LogP contribution >= 0.6 is 11.3 Å². The van der Waals surface area contributed by atoms with Crippen molar-refractivity contribution in [2.45, 2.75) is 13.8 Å². The molecule has 2 heterocycles. The standard InChI is InChI=1S/C14H14N4OS/c1-7-12(8(2)18(3)17-7)14-16-10-5-4-9(13(15)19)6-11(10)20-14/h4-6H,1-3H3,(H2,15,19). The van der Waals surface area contributed by atoms with Gasteiger partial charge in [0.05, 0.1) is 21.5 Å². The molecule has 0 spiro atoms. The van der Waals surface area contributed by atoms with Gasteiger partial charge in [-0.15, -0.1) is 11.3 Å². The number of hydrogen-bond acceptors (Lipinski definition) is 4. The zero-order valence-electron chi connectivity index (χ0n) is 11.5. The molecule has 2 N–H and O–H groups in total. The number of thiazole rings is 1. The lowest BCUT2D eigenvalue weighted by atomic mass is 10.2. The minimum absolute atomic E-state index is 0.421. The van der Waals surface area contributed by atoms with Crippen molar-refractivity contribution >= 4 is 27.5 Å². The molecule has 5 nitrogen and oxygen atoms in total. The maximum Gasteiger partial charge on any atom is 0.248 e. The highest BCUT2D eigenvalue weighted by Gasteiger charge is 2.16. The number of nitrogens with zero attached hydrogens (tertiary/aromatic N) is 3. The Morgan fingerprint density at radius 3 is 2.70 bits per heavy atom. The molecular formula is C14H14N4OS. The lowest BCUT2D eigenvalue weighted by Crippen LogP contribution is -2.10. The molecule has 6 heteroatoms. The second kappa shape index (κ2) is 4.42. The first-order chi connectivity index (χ1) is 9.47. The van der Waals surface area contributed by atoms with Crippen LogP contribution < -0.4 is 5.73 Å². The second-order valence-electron chi connectivity index (χ2n) is 4.74. The summed E-state index contributed by atoms with van der Waals surface area (Å²) in [6, 6.07) is 5.33. The van der Waals surface area contributed by atoms with Gasteiger partial charge in [-0.05, 0) is 32.0 Å². The van der Waals surface area contributed by atoms with Gasteiger partial charge in [-0.2, -0.15) is 5.10 Å². The fourth-order valence-corrected chi connectivity index (χ4v) is 3.42. The number of primary amides is 1. The topological polar surface area (TPSA) is 73.8 Å². The molecule has 3 aromatic rings. The number of amides is 1. The predicted molar refractivity (Wildman–Crippen MR) is 79.8 cm³/mol. The Morgan fingerprint density at radius 2 is 2.10 bits per heavy atom. The van der Waals surface area contributed by atoms with Crippen molar-refractivity contribution in [1.82, 2.24) is 14.8 Å². The van der Waals surface area contributed by atoms with Gasteiger partial charge < -0.3 is 5.73 Å². The average molecular weight is 286 g/mol. The Bertz CT molecular complexity index is 831. The third kappa shape index (κ3) is 1.89. The van der Waals surface area contributed by atoms with Gasteiger partial charge >= 0.3 is 0 Å². The number of fused-ring (bicyclic) bond motifs is 1. The van der Waals surface area contributed by atoms with Crippen molar-refractivity contribution in [1.29, 1.82) is 0 Å². The number of carbonyl (C=O) groups excluding carboxylic acids is 1. The first-order valence-electron chi connectivity index (χ1n) is 6.18. The summed E-state index contributed by atoms with van der Waals surface area (Å²) in [5.74, 6) is -0.421. The third-order valence-corrected chi connectivity index (χ3v) is 4.43. The SMILES string of the molecule is Cc1nn(C)c(C)c1-c1nc2ccc(C(N)=O)cc2s1. The van der Waals surface area contributed by atoms with Crippen LogP contribution in [0.1, 0.15) is 21.7 Å². The van der Waals surface area contributed by atoms with Crippen molar-refractivity contribution in [2.75, 3.05) is 0 Å². The number of aromatic nitrogens is 3. The van der Waals surface area contributed by atoms with Crippen LogP contribution in [-0.2, 0) is 7.05 Å². The zero-order chi connectivity index (χ0) is 14.4. The molecule has 2 aromatic heterocycles. The van der Waals surface area contributed by atoms with Gasteiger partial charge in [0.25, 0.3) is 0 Å². The third-order valence-electron chi connectivity index (χ3n) is 3.40. The van der Waals surface area contributed by atoms with E-state index in [-0.39, 0.29) is 0 Å². The van der Waals surface area contributed by atoms with Crippen molar-refractivity contribution in [3.8, 4) is 10.6 Å². The van der Waals surface area contributed by atoms with Gasteiger partial charge in [-0.3, -0.25) is 9.48 Å². The van der Waals surface area contributed by atoms with Crippen molar-refractivity contribution in [3.05, 3.63) is 35.2 Å². The van der Waals surface area contributed by atoms with Crippen LogP contribution in [0.5, 0.6) is 0 Å². The molecular weight excluding hydrogens is 272 g/mol. The van der Waals surface area contributed by atoms with E-state index in [4.69, 9.17) is 5.73 Å². The molecule has 0 saturated carbocycles. The van der Waals surface area contributed by atoms with Gasteiger partial charge in [-0.1, -0.05) is 0 Å². The molecule has 0 radical (unpaired) electrons. The molecule has 0 aliphatic heterocycles. The molecule has 1 amide bonds. The monoisotopic (exact) mass is 286 g/mol. The number of rotatable bonds is 2. The summed E-state index contributed by atoms with van der Waals surface area (Å²) in [5, 5.41) is 5.33. The van der Waals surface area contributed by atoms with E-state index in [9.17, 15) is 4.79 Å². The Balaban J connectivity index is 2.20. The van der Waals surface area contributed by atoms with Gasteiger partial charge in [0.15, 0.2) is 0 Å². The molecule has 1 aromatic carbocycles. The van der Waals surface area contributed by atoms with Crippen LogP contribution in [0, 0.1) is 13.8 Å². The smallest absolute Gasteiger partial charge is 0.248 e.